The van der Waals surface area contributed by atoms with Crippen molar-refractivity contribution in [3.05, 3.63) is 41.5 Å². The van der Waals surface area contributed by atoms with Crippen molar-refractivity contribution in [1.29, 1.82) is 0 Å². The molecule has 7 heteroatoms. The van der Waals surface area contributed by atoms with Gasteiger partial charge in [-0.25, -0.2) is 0 Å². The number of benzene rings is 1. The Bertz CT molecular complexity index is 1180. The van der Waals surface area contributed by atoms with E-state index < -0.39 is 28.5 Å². The van der Waals surface area contributed by atoms with E-state index in [1.807, 2.05) is 12.1 Å². The number of fused-ring (bicyclic) bond motifs is 2. The molecule has 1 aromatic carbocycles. The summed E-state index contributed by atoms with van der Waals surface area (Å²) in [5, 5.41) is 11.2. The van der Waals surface area contributed by atoms with Crippen LogP contribution in [0.2, 0.25) is 0 Å². The molecule has 1 unspecified atom stereocenters. The highest BCUT2D eigenvalue weighted by Gasteiger charge is 2.84. The van der Waals surface area contributed by atoms with Crippen molar-refractivity contribution in [2.24, 2.45) is 45.8 Å². The number of aliphatic carboxylic acids is 1. The number of allylic oxidation sites excluding steroid dienone is 1. The van der Waals surface area contributed by atoms with Crippen LogP contribution >= 0.6 is 0 Å². The van der Waals surface area contributed by atoms with Gasteiger partial charge < -0.3 is 24.1 Å². The van der Waals surface area contributed by atoms with Crippen molar-refractivity contribution in [3.63, 3.8) is 0 Å². The number of carboxylic acids is 1. The second kappa shape index (κ2) is 9.95. The maximum Gasteiger partial charge on any atom is 0.315 e. The van der Waals surface area contributed by atoms with Gasteiger partial charge in [-0.3, -0.25) is 9.69 Å². The highest BCUT2D eigenvalue weighted by atomic mass is 16.7. The van der Waals surface area contributed by atoms with Gasteiger partial charge in [0.15, 0.2) is 6.29 Å². The van der Waals surface area contributed by atoms with Crippen LogP contribution in [-0.4, -0.2) is 61.5 Å². The predicted molar refractivity (Wildman–Crippen MR) is 151 cm³/mol. The van der Waals surface area contributed by atoms with E-state index in [1.54, 1.807) is 7.11 Å². The second-order valence-corrected chi connectivity index (χ2v) is 13.7. The maximum absolute atomic E-state index is 13.6. The zero-order chi connectivity index (χ0) is 28.4. The standard InChI is InChI=1S/C33H45NO6/c1-20(2)28-12-24-13-31(18-35)27-11-6-21(3)26(27)14-32(24,33(28,31)30(36)37)19-39-29-17-34(15-22(4)40-29)16-23-7-9-25(38-5)10-8-23/h7-10,12,18,20-22,24,26-27,29H,6,11,13-17,19H2,1-5H3,(H,36,37)/t21-,22-,24+,26-,27-,29-,31+,32?,33+/m1/s1. The average molecular weight is 552 g/mol. The fourth-order valence-electron chi connectivity index (χ4n) is 10.1. The summed E-state index contributed by atoms with van der Waals surface area (Å²) in [6.45, 7) is 11.0. The van der Waals surface area contributed by atoms with Crippen molar-refractivity contribution < 1.29 is 28.9 Å². The summed E-state index contributed by atoms with van der Waals surface area (Å²) in [6, 6.07) is 8.12. The van der Waals surface area contributed by atoms with Crippen molar-refractivity contribution >= 4 is 12.3 Å². The zero-order valence-corrected chi connectivity index (χ0v) is 24.6. The van der Waals surface area contributed by atoms with E-state index in [1.165, 1.54) is 5.56 Å². The number of hydrogen-bond acceptors (Lipinski definition) is 6. The number of carboxylic acid groups (broad SMARTS) is 1. The van der Waals surface area contributed by atoms with E-state index in [4.69, 9.17) is 14.2 Å². The SMILES string of the molecule is COc1ccc(CN2C[C@H](OCC34C[C@@H]5[C@H](C)CC[C@H]5[C@@]5(C=O)C[C@@H]3C=C(C(C)C)[C@@]45C(=O)O)O[C@H](C)C2)cc1. The molecule has 0 aromatic heterocycles. The number of carbonyl (C=O) groups excluding carboxylic acids is 1. The van der Waals surface area contributed by atoms with Crippen LogP contribution in [0.1, 0.15) is 58.9 Å². The normalized spacial score (nSPS) is 42.1. The third kappa shape index (κ3) is 3.73. The molecule has 3 saturated carbocycles. The molecule has 4 bridgehead atoms. The molecule has 218 valence electrons. The summed E-state index contributed by atoms with van der Waals surface area (Å²) >= 11 is 0. The number of rotatable bonds is 9. The molecule has 7 nitrogen and oxygen atoms in total. The first-order valence-electron chi connectivity index (χ1n) is 15.2. The molecular weight excluding hydrogens is 506 g/mol. The zero-order valence-electron chi connectivity index (χ0n) is 24.6. The lowest BCUT2D eigenvalue weighted by atomic mass is 9.43. The molecule has 1 aromatic rings. The highest BCUT2D eigenvalue weighted by molar-refractivity contribution is 5.90. The van der Waals surface area contributed by atoms with Gasteiger partial charge in [-0.15, -0.1) is 0 Å². The molecule has 0 spiro atoms. The van der Waals surface area contributed by atoms with Crippen molar-refractivity contribution in [3.8, 4) is 5.75 Å². The smallest absolute Gasteiger partial charge is 0.315 e. The van der Waals surface area contributed by atoms with Gasteiger partial charge in [-0.05, 0) is 73.5 Å². The van der Waals surface area contributed by atoms with E-state index >= 15 is 0 Å². The molecule has 1 N–H and O–H groups in total. The number of carbonyl (C=O) groups is 2. The minimum atomic E-state index is -1.21. The number of ether oxygens (including phenoxy) is 3. The van der Waals surface area contributed by atoms with Gasteiger partial charge in [0.2, 0.25) is 0 Å². The maximum atomic E-state index is 13.6. The Morgan fingerprint density at radius 1 is 1.18 bits per heavy atom. The lowest BCUT2D eigenvalue weighted by Crippen LogP contribution is -2.64. The van der Waals surface area contributed by atoms with Gasteiger partial charge in [0.05, 0.1) is 25.2 Å². The molecule has 0 radical (unpaired) electrons. The second-order valence-electron chi connectivity index (χ2n) is 13.7. The fourth-order valence-corrected chi connectivity index (χ4v) is 10.1. The molecule has 5 aliphatic rings. The molecule has 1 heterocycles. The fraction of sp³-hybridized carbons (Fsp3) is 0.697. The number of hydrogen-bond donors (Lipinski definition) is 1. The van der Waals surface area contributed by atoms with Crippen LogP contribution < -0.4 is 4.74 Å². The number of nitrogens with zero attached hydrogens (tertiary/aromatic N) is 1. The first-order valence-corrected chi connectivity index (χ1v) is 15.2. The molecule has 4 fully saturated rings. The number of methoxy groups -OCH3 is 1. The molecular formula is C33H45NO6. The molecule has 40 heavy (non-hydrogen) atoms. The largest absolute Gasteiger partial charge is 0.497 e. The molecule has 9 atom stereocenters. The van der Waals surface area contributed by atoms with E-state index in [0.717, 1.165) is 50.0 Å². The monoisotopic (exact) mass is 551 g/mol. The van der Waals surface area contributed by atoms with Gasteiger partial charge in [0.25, 0.3) is 0 Å². The van der Waals surface area contributed by atoms with Crippen LogP contribution in [0.5, 0.6) is 5.75 Å². The van der Waals surface area contributed by atoms with Crippen LogP contribution in [0.3, 0.4) is 0 Å². The summed E-state index contributed by atoms with van der Waals surface area (Å²) in [7, 11) is 1.67. The van der Waals surface area contributed by atoms with Crippen LogP contribution in [0, 0.1) is 45.8 Å². The van der Waals surface area contributed by atoms with E-state index in [9.17, 15) is 14.7 Å². The van der Waals surface area contributed by atoms with Crippen LogP contribution in [0.25, 0.3) is 0 Å². The summed E-state index contributed by atoms with van der Waals surface area (Å²) in [5.41, 5.74) is -0.570. The third-order valence-corrected chi connectivity index (χ3v) is 11.5. The number of aldehydes is 1. The Labute approximate surface area is 238 Å². The molecule has 1 aliphatic heterocycles. The first-order chi connectivity index (χ1) is 19.1. The third-order valence-electron chi connectivity index (χ3n) is 11.5. The number of morpholine rings is 1. The van der Waals surface area contributed by atoms with Gasteiger partial charge in [-0.1, -0.05) is 51.0 Å². The summed E-state index contributed by atoms with van der Waals surface area (Å²) in [5.74, 6) is 1.06. The lowest BCUT2D eigenvalue weighted by Gasteiger charge is -2.58. The van der Waals surface area contributed by atoms with Crippen LogP contribution in [-0.2, 0) is 25.6 Å². The summed E-state index contributed by atoms with van der Waals surface area (Å²) < 4.78 is 18.3. The molecule has 0 amide bonds. The van der Waals surface area contributed by atoms with E-state index in [0.29, 0.717) is 31.4 Å². The Morgan fingerprint density at radius 2 is 1.93 bits per heavy atom. The van der Waals surface area contributed by atoms with E-state index in [2.05, 4.69) is 50.8 Å². The Balaban J connectivity index is 1.29. The molecule has 4 aliphatic carbocycles. The average Bonchev–Trinajstić information content (AvgIpc) is 3.49. The Morgan fingerprint density at radius 3 is 2.58 bits per heavy atom. The topological polar surface area (TPSA) is 85.3 Å². The molecule has 6 rings (SSSR count). The summed E-state index contributed by atoms with van der Waals surface area (Å²) in [6.07, 6.45) is 6.29. The lowest BCUT2D eigenvalue weighted by molar-refractivity contribution is -0.237. The predicted octanol–water partition coefficient (Wildman–Crippen LogP) is 5.18. The van der Waals surface area contributed by atoms with Gasteiger partial charge in [-0.2, -0.15) is 0 Å². The van der Waals surface area contributed by atoms with Crippen molar-refractivity contribution in [2.45, 2.75) is 72.3 Å². The van der Waals surface area contributed by atoms with E-state index in [-0.39, 0.29) is 23.9 Å². The van der Waals surface area contributed by atoms with Crippen LogP contribution in [0.15, 0.2) is 35.9 Å². The van der Waals surface area contributed by atoms with Crippen molar-refractivity contribution in [2.75, 3.05) is 26.8 Å². The van der Waals surface area contributed by atoms with Gasteiger partial charge in [0, 0.05) is 25.0 Å². The minimum absolute atomic E-state index is 0.00719. The quantitative estimate of drug-likeness (QED) is 0.334. The van der Waals surface area contributed by atoms with Crippen molar-refractivity contribution in [1.82, 2.24) is 4.90 Å². The Hall–Kier alpha value is -2.22. The summed E-state index contributed by atoms with van der Waals surface area (Å²) in [4.78, 5) is 29.2. The Kier molecular flexibility index (Phi) is 6.95. The highest BCUT2D eigenvalue weighted by Crippen LogP contribution is 2.82. The first kappa shape index (κ1) is 27.9. The van der Waals surface area contributed by atoms with Crippen LogP contribution in [0.4, 0.5) is 0 Å². The van der Waals surface area contributed by atoms with Gasteiger partial charge in [0.1, 0.15) is 17.5 Å². The molecule has 1 saturated heterocycles. The van der Waals surface area contributed by atoms with Gasteiger partial charge >= 0.3 is 5.97 Å². The minimum Gasteiger partial charge on any atom is -0.497 e.